The first-order valence-electron chi connectivity index (χ1n) is 4.37. The van der Waals surface area contributed by atoms with Gasteiger partial charge in [0.1, 0.15) is 5.65 Å². The molecule has 0 fully saturated rings. The Hall–Kier alpha value is -1.09. The summed E-state index contributed by atoms with van der Waals surface area (Å²) >= 11 is 0. The zero-order valence-electron chi connectivity index (χ0n) is 7.78. The summed E-state index contributed by atoms with van der Waals surface area (Å²) in [6.45, 7) is 4.31. The molecule has 0 aliphatic carbocycles. The average Bonchev–Trinajstić information content (AvgIpc) is 2.48. The van der Waals surface area contributed by atoms with Crippen LogP contribution >= 0.6 is 0 Å². The molecular formula is C10H11N2Si. The number of rotatable bonds is 1. The van der Waals surface area contributed by atoms with Crippen molar-refractivity contribution >= 4 is 26.5 Å². The molecule has 65 valence electrons. The second-order valence-corrected chi connectivity index (χ2v) is 3.95. The maximum Gasteiger partial charge on any atom is 0.139 e. The van der Waals surface area contributed by atoms with Gasteiger partial charge < -0.3 is 4.57 Å². The van der Waals surface area contributed by atoms with Crippen molar-refractivity contribution in [2.45, 2.75) is 19.9 Å². The molecule has 0 amide bonds. The van der Waals surface area contributed by atoms with Crippen LogP contribution in [-0.4, -0.2) is 19.8 Å². The van der Waals surface area contributed by atoms with Crippen LogP contribution in [0.1, 0.15) is 19.9 Å². The van der Waals surface area contributed by atoms with Gasteiger partial charge in [-0.05, 0) is 26.0 Å². The van der Waals surface area contributed by atoms with E-state index in [4.69, 9.17) is 0 Å². The van der Waals surface area contributed by atoms with Gasteiger partial charge in [-0.2, -0.15) is 0 Å². The Morgan fingerprint density at radius 2 is 2.15 bits per heavy atom. The monoisotopic (exact) mass is 187 g/mol. The number of aromatic nitrogens is 2. The lowest BCUT2D eigenvalue weighted by molar-refractivity contribution is 0.618. The van der Waals surface area contributed by atoms with E-state index in [0.717, 1.165) is 10.8 Å². The van der Waals surface area contributed by atoms with Crippen LogP contribution in [0.3, 0.4) is 0 Å². The molecule has 2 rings (SSSR count). The number of hydrogen-bond acceptors (Lipinski definition) is 1. The van der Waals surface area contributed by atoms with Gasteiger partial charge >= 0.3 is 0 Å². The maximum absolute atomic E-state index is 4.36. The van der Waals surface area contributed by atoms with E-state index in [9.17, 15) is 0 Å². The van der Waals surface area contributed by atoms with Gasteiger partial charge in [0.15, 0.2) is 0 Å². The van der Waals surface area contributed by atoms with Crippen LogP contribution < -0.4 is 5.19 Å². The van der Waals surface area contributed by atoms with Crippen molar-refractivity contribution in [3.63, 3.8) is 0 Å². The van der Waals surface area contributed by atoms with Crippen LogP contribution in [-0.2, 0) is 0 Å². The molecule has 0 bridgehead atoms. The van der Waals surface area contributed by atoms with Gasteiger partial charge in [-0.25, -0.2) is 4.98 Å². The summed E-state index contributed by atoms with van der Waals surface area (Å²) in [5, 5.41) is 2.28. The standard InChI is InChI=1S/C10H11N2Si/c1-7(2)12-6-4-8-9(13)3-5-11-10(8)12/h3-7H,1-2H3. The minimum Gasteiger partial charge on any atom is -0.330 e. The Labute approximate surface area is 81.0 Å². The zero-order chi connectivity index (χ0) is 9.42. The molecule has 0 saturated heterocycles. The van der Waals surface area contributed by atoms with Gasteiger partial charge in [-0.15, -0.1) is 0 Å². The van der Waals surface area contributed by atoms with Crippen LogP contribution in [0.5, 0.6) is 0 Å². The topological polar surface area (TPSA) is 17.8 Å². The van der Waals surface area contributed by atoms with Gasteiger partial charge in [-0.3, -0.25) is 0 Å². The molecule has 0 N–H and O–H groups in total. The Morgan fingerprint density at radius 1 is 1.38 bits per heavy atom. The highest BCUT2D eigenvalue weighted by Crippen LogP contribution is 2.15. The first-order valence-corrected chi connectivity index (χ1v) is 4.87. The second-order valence-electron chi connectivity index (χ2n) is 3.41. The second kappa shape index (κ2) is 2.99. The Bertz CT molecular complexity index is 431. The Kier molecular flexibility index (Phi) is 1.96. The molecule has 2 aromatic rings. The fourth-order valence-corrected chi connectivity index (χ4v) is 1.74. The van der Waals surface area contributed by atoms with E-state index >= 15 is 0 Å². The molecule has 0 atom stereocenters. The zero-order valence-corrected chi connectivity index (χ0v) is 8.78. The van der Waals surface area contributed by atoms with Crippen molar-refractivity contribution in [3.8, 4) is 0 Å². The summed E-state index contributed by atoms with van der Waals surface area (Å²) in [5.74, 6) is 0. The number of fused-ring (bicyclic) bond motifs is 1. The van der Waals surface area contributed by atoms with Crippen molar-refractivity contribution in [1.82, 2.24) is 9.55 Å². The predicted octanol–water partition coefficient (Wildman–Crippen LogP) is 1.41. The van der Waals surface area contributed by atoms with E-state index in [1.165, 1.54) is 5.39 Å². The summed E-state index contributed by atoms with van der Waals surface area (Å²) in [5.41, 5.74) is 1.04. The summed E-state index contributed by atoms with van der Waals surface area (Å²) in [6.07, 6.45) is 3.90. The molecule has 0 unspecified atom stereocenters. The summed E-state index contributed by atoms with van der Waals surface area (Å²) in [4.78, 5) is 4.36. The third kappa shape index (κ3) is 1.29. The summed E-state index contributed by atoms with van der Waals surface area (Å²) in [7, 11) is 3.56. The third-order valence-electron chi connectivity index (χ3n) is 2.17. The number of hydrogen-bond donors (Lipinski definition) is 0. The quantitative estimate of drug-likeness (QED) is 0.617. The predicted molar refractivity (Wildman–Crippen MR) is 55.5 cm³/mol. The normalized spacial score (nSPS) is 11.4. The lowest BCUT2D eigenvalue weighted by Crippen LogP contribution is -2.05. The molecule has 0 aromatic carbocycles. The van der Waals surface area contributed by atoms with Gasteiger partial charge in [0.2, 0.25) is 0 Å². The van der Waals surface area contributed by atoms with E-state index in [-0.39, 0.29) is 0 Å². The molecule has 0 aliphatic rings. The SMILES string of the molecule is CC(C)n1ccc2c([Si])ccnc21. The number of pyridine rings is 1. The Morgan fingerprint density at radius 3 is 2.85 bits per heavy atom. The minimum absolute atomic E-state index is 0.457. The van der Waals surface area contributed by atoms with Crippen LogP contribution in [0.25, 0.3) is 11.0 Å². The highest BCUT2D eigenvalue weighted by molar-refractivity contribution is 6.38. The fourth-order valence-electron chi connectivity index (χ4n) is 1.47. The molecule has 0 aliphatic heterocycles. The molecule has 13 heavy (non-hydrogen) atoms. The highest BCUT2D eigenvalue weighted by atomic mass is 28.1. The van der Waals surface area contributed by atoms with E-state index < -0.39 is 0 Å². The van der Waals surface area contributed by atoms with E-state index in [0.29, 0.717) is 6.04 Å². The molecule has 2 aromatic heterocycles. The molecule has 3 radical (unpaired) electrons. The first-order chi connectivity index (χ1) is 6.20. The maximum atomic E-state index is 4.36. The lowest BCUT2D eigenvalue weighted by Gasteiger charge is -2.08. The van der Waals surface area contributed by atoms with Gasteiger partial charge in [0.25, 0.3) is 0 Å². The molecule has 2 nitrogen and oxygen atoms in total. The smallest absolute Gasteiger partial charge is 0.139 e. The summed E-state index contributed by atoms with van der Waals surface area (Å²) < 4.78 is 2.17. The molecule has 0 spiro atoms. The van der Waals surface area contributed by atoms with Crippen molar-refractivity contribution in [3.05, 3.63) is 24.5 Å². The van der Waals surface area contributed by atoms with E-state index in [2.05, 4.69) is 45.9 Å². The largest absolute Gasteiger partial charge is 0.330 e. The van der Waals surface area contributed by atoms with Gasteiger partial charge in [0.05, 0.1) is 10.2 Å². The lowest BCUT2D eigenvalue weighted by atomic mass is 10.3. The molecule has 3 heteroatoms. The third-order valence-corrected chi connectivity index (χ3v) is 2.61. The van der Waals surface area contributed by atoms with Gasteiger partial charge in [-0.1, -0.05) is 5.19 Å². The Balaban J connectivity index is 2.75. The number of nitrogens with zero attached hydrogens (tertiary/aromatic N) is 2. The first kappa shape index (κ1) is 8.50. The average molecular weight is 187 g/mol. The van der Waals surface area contributed by atoms with Crippen LogP contribution in [0.15, 0.2) is 24.5 Å². The molecule has 0 saturated carbocycles. The van der Waals surface area contributed by atoms with Gasteiger partial charge in [0, 0.05) is 23.8 Å². The van der Waals surface area contributed by atoms with E-state index in [1.807, 2.05) is 12.3 Å². The van der Waals surface area contributed by atoms with Crippen molar-refractivity contribution in [2.24, 2.45) is 0 Å². The van der Waals surface area contributed by atoms with Crippen LogP contribution in [0.2, 0.25) is 0 Å². The van der Waals surface area contributed by atoms with Crippen molar-refractivity contribution in [1.29, 1.82) is 0 Å². The van der Waals surface area contributed by atoms with Crippen LogP contribution in [0.4, 0.5) is 0 Å². The van der Waals surface area contributed by atoms with Crippen molar-refractivity contribution in [2.75, 3.05) is 0 Å². The highest BCUT2D eigenvalue weighted by Gasteiger charge is 2.05. The summed E-state index contributed by atoms with van der Waals surface area (Å²) in [6, 6.07) is 4.51. The van der Waals surface area contributed by atoms with E-state index in [1.54, 1.807) is 0 Å². The molecule has 2 heterocycles. The minimum atomic E-state index is 0.457. The fraction of sp³-hybridized carbons (Fsp3) is 0.300. The van der Waals surface area contributed by atoms with Crippen LogP contribution in [0, 0.1) is 0 Å². The van der Waals surface area contributed by atoms with Crippen molar-refractivity contribution < 1.29 is 0 Å². The molecular weight excluding hydrogens is 176 g/mol.